The van der Waals surface area contributed by atoms with Crippen molar-refractivity contribution in [2.24, 2.45) is 0 Å². The fourth-order valence-electron chi connectivity index (χ4n) is 12.1. The lowest BCUT2D eigenvalue weighted by atomic mass is 10.0. The highest BCUT2D eigenvalue weighted by molar-refractivity contribution is 7.47. The highest BCUT2D eigenvalue weighted by atomic mass is 31.2. The van der Waals surface area contributed by atoms with Gasteiger partial charge in [-0.15, -0.1) is 0 Å². The number of phosphoric acid groups is 2. The Bertz CT molecular complexity index is 2770. The monoisotopic (exact) mass is 1650 g/mol. The molecule has 0 aliphatic rings. The lowest BCUT2D eigenvalue weighted by Crippen LogP contribution is -2.30. The smallest absolute Gasteiger partial charge is 0.463 e. The average molecular weight is 1650 g/mol. The summed E-state index contributed by atoms with van der Waals surface area (Å²) in [6, 6.07) is 0. The molecule has 5 unspecified atom stereocenters. The van der Waals surface area contributed by atoms with Crippen LogP contribution in [0.1, 0.15) is 367 Å². The molecule has 115 heavy (non-hydrogen) atoms. The first-order valence-corrected chi connectivity index (χ1v) is 48.4. The first-order valence-electron chi connectivity index (χ1n) is 45.4. The topological polar surface area (TPSA) is 231 Å². The van der Waals surface area contributed by atoms with Crippen molar-refractivity contribution in [3.8, 4) is 0 Å². The molecule has 0 aromatic rings. The molecule has 18 heteroatoms. The van der Waals surface area contributed by atoms with E-state index >= 15 is 0 Å². The number of unbranched alkanes of at least 4 members (excludes halogenated alkanes) is 34. The number of aliphatic hydroxyl groups excluding tert-OH is 2. The quantitative estimate of drug-likeness (QED) is 0.0146. The number of rotatable bonds is 85. The number of hydrogen-bond acceptors (Lipinski definition) is 14. The Morgan fingerprint density at radius 1 is 0.252 bits per heavy atom. The number of phosphoric ester groups is 2. The van der Waals surface area contributed by atoms with E-state index in [0.717, 1.165) is 161 Å². The van der Waals surface area contributed by atoms with E-state index in [1.807, 2.05) is 0 Å². The van der Waals surface area contributed by atoms with Gasteiger partial charge in [-0.25, -0.2) is 9.13 Å². The minimum absolute atomic E-state index is 0.0709. The minimum atomic E-state index is -4.95. The first-order chi connectivity index (χ1) is 56.2. The number of carbonyl (C=O) groups is 3. The van der Waals surface area contributed by atoms with Crippen molar-refractivity contribution in [2.75, 3.05) is 39.6 Å². The molecule has 0 aromatic carbocycles. The minimum Gasteiger partial charge on any atom is -0.463 e. The molecule has 0 fully saturated rings. The van der Waals surface area contributed by atoms with Gasteiger partial charge in [-0.3, -0.25) is 32.5 Å². The molecule has 0 heterocycles. The van der Waals surface area contributed by atoms with Crippen LogP contribution in [0, 0.1) is 0 Å². The van der Waals surface area contributed by atoms with Gasteiger partial charge in [-0.2, -0.15) is 0 Å². The summed E-state index contributed by atoms with van der Waals surface area (Å²) in [6.45, 7) is 2.42. The molecule has 658 valence electrons. The summed E-state index contributed by atoms with van der Waals surface area (Å²) in [7, 11) is -9.82. The molecule has 0 radical (unpaired) electrons. The third-order valence-corrected chi connectivity index (χ3v) is 20.8. The molecular weight excluding hydrogens is 1480 g/mol. The van der Waals surface area contributed by atoms with Gasteiger partial charge in [-0.1, -0.05) is 364 Å². The van der Waals surface area contributed by atoms with Gasteiger partial charge in [0, 0.05) is 19.3 Å². The van der Waals surface area contributed by atoms with Gasteiger partial charge in [0.2, 0.25) is 0 Å². The van der Waals surface area contributed by atoms with Crippen LogP contribution in [0.4, 0.5) is 0 Å². The zero-order valence-electron chi connectivity index (χ0n) is 72.4. The molecule has 16 nitrogen and oxygen atoms in total. The summed E-state index contributed by atoms with van der Waals surface area (Å²) in [5.74, 6) is -1.60. The standard InChI is InChI=1S/C97H164O16P2/c1-4-7-10-13-16-19-22-25-28-31-33-35-37-39-41-43-44-45-46-48-50-51-53-55-57-60-62-65-68-71-74-77-80-83-95(100)107-86-92(98)87-109-114(103,104)110-88-93(99)89-111-115(105,106)112-91-94(113-97(102)85-82-79-76-73-70-67-64-59-30-27-24-21-18-15-12-9-6-3)90-108-96(101)84-81-78-75-72-69-66-63-61-58-56-54-52-49-47-42-40-38-36-34-32-29-26-23-20-17-14-11-8-5-2/h8-9,11-12,16-21,25-30,33-36,39-42,49,52,64,67,92-94,98-99H,4-7,10,13-15,22-24,31-32,37-38,43-48,50-51,53-63,65-66,68-91H2,1-3H3,(H,103,104)(H,105,106)/b11-8-,12-9-,19-16-,20-17-,21-18-,28-25-,29-26-,30-27-,35-33-,36-34-,41-39-,42-40-,52-49-,67-64-. The van der Waals surface area contributed by atoms with Gasteiger partial charge < -0.3 is 34.2 Å². The summed E-state index contributed by atoms with van der Waals surface area (Å²) >= 11 is 0. The average Bonchev–Trinajstić information content (AvgIpc) is 0.897. The molecule has 0 aliphatic heterocycles. The normalized spacial score (nSPS) is 14.6. The Balaban J connectivity index is 4.52. The number of allylic oxidation sites excluding steroid dienone is 28. The van der Waals surface area contributed by atoms with Crippen LogP contribution < -0.4 is 0 Å². The molecule has 0 saturated carbocycles. The molecule has 0 saturated heterocycles. The second kappa shape index (κ2) is 88.2. The van der Waals surface area contributed by atoms with Crippen molar-refractivity contribution >= 4 is 33.6 Å². The predicted molar refractivity (Wildman–Crippen MR) is 482 cm³/mol. The second-order valence-corrected chi connectivity index (χ2v) is 32.9. The summed E-state index contributed by atoms with van der Waals surface area (Å²) in [4.78, 5) is 58.9. The Hall–Kier alpha value is -5.09. The van der Waals surface area contributed by atoms with E-state index in [2.05, 4.69) is 191 Å². The Morgan fingerprint density at radius 2 is 0.461 bits per heavy atom. The molecule has 0 bridgehead atoms. The molecule has 4 N–H and O–H groups in total. The van der Waals surface area contributed by atoms with Gasteiger partial charge in [-0.05, 0) is 154 Å². The Morgan fingerprint density at radius 3 is 0.730 bits per heavy atom. The molecule has 0 rings (SSSR count). The summed E-state index contributed by atoms with van der Waals surface area (Å²) in [5, 5.41) is 20.7. The lowest BCUT2D eigenvalue weighted by molar-refractivity contribution is -0.161. The van der Waals surface area contributed by atoms with Crippen LogP contribution in [-0.2, 0) is 55.8 Å². The third-order valence-electron chi connectivity index (χ3n) is 18.9. The zero-order valence-corrected chi connectivity index (χ0v) is 74.2. The maximum atomic E-state index is 13.0. The predicted octanol–water partition coefficient (Wildman–Crippen LogP) is 27.9. The number of hydrogen-bond donors (Lipinski definition) is 4. The Kier molecular flexibility index (Phi) is 84.3. The van der Waals surface area contributed by atoms with Gasteiger partial charge in [0.05, 0.1) is 26.4 Å². The van der Waals surface area contributed by atoms with Crippen LogP contribution in [0.2, 0.25) is 0 Å². The number of ether oxygens (including phenoxy) is 3. The summed E-state index contributed by atoms with van der Waals surface area (Å²) < 4.78 is 61.4. The third kappa shape index (κ3) is 89.5. The van der Waals surface area contributed by atoms with E-state index in [1.165, 1.54) is 148 Å². The van der Waals surface area contributed by atoms with Crippen LogP contribution in [0.15, 0.2) is 170 Å². The van der Waals surface area contributed by atoms with Crippen molar-refractivity contribution in [1.29, 1.82) is 0 Å². The molecule has 5 atom stereocenters. The van der Waals surface area contributed by atoms with E-state index in [0.29, 0.717) is 19.3 Å². The van der Waals surface area contributed by atoms with Crippen LogP contribution in [0.25, 0.3) is 0 Å². The van der Waals surface area contributed by atoms with Gasteiger partial charge >= 0.3 is 33.6 Å². The fraction of sp³-hybridized carbons (Fsp3) is 0.680. The maximum absolute atomic E-state index is 13.0. The molecule has 0 amide bonds. The van der Waals surface area contributed by atoms with Crippen molar-refractivity contribution in [3.05, 3.63) is 170 Å². The van der Waals surface area contributed by atoms with Crippen molar-refractivity contribution in [2.45, 2.75) is 386 Å². The summed E-state index contributed by atoms with van der Waals surface area (Å²) in [5.41, 5.74) is 0. The number of esters is 3. The SMILES string of the molecule is CC/C=C\C/C=C\C/C=C\C/C=C\C/C=C\C/C=C\CCCCCCCCCCCCC(=O)OCC(COP(=O)(O)OCC(O)COP(=O)(O)OCC(O)COC(=O)CCCCCCCCCCCCCCCCCCC/C=C\C/C=C\C/C=C\C/C=C\CCCCC)OC(=O)CCCCCC/C=C\C/C=C\C/C=C\C/C=C\CC. The van der Waals surface area contributed by atoms with Crippen LogP contribution in [0.5, 0.6) is 0 Å². The van der Waals surface area contributed by atoms with E-state index in [9.17, 15) is 43.5 Å². The highest BCUT2D eigenvalue weighted by Crippen LogP contribution is 2.45. The van der Waals surface area contributed by atoms with Crippen molar-refractivity contribution in [3.63, 3.8) is 0 Å². The first kappa shape index (κ1) is 110. The van der Waals surface area contributed by atoms with Crippen molar-refractivity contribution in [1.82, 2.24) is 0 Å². The van der Waals surface area contributed by atoms with E-state index in [-0.39, 0.29) is 19.3 Å². The number of carbonyl (C=O) groups excluding carboxylic acids is 3. The Labute approximate surface area is 701 Å². The highest BCUT2D eigenvalue weighted by Gasteiger charge is 2.29. The maximum Gasteiger partial charge on any atom is 0.472 e. The van der Waals surface area contributed by atoms with Crippen LogP contribution >= 0.6 is 15.6 Å². The van der Waals surface area contributed by atoms with E-state index in [1.54, 1.807) is 0 Å². The lowest BCUT2D eigenvalue weighted by Gasteiger charge is -2.21. The van der Waals surface area contributed by atoms with Gasteiger partial charge in [0.1, 0.15) is 25.4 Å². The summed E-state index contributed by atoms with van der Waals surface area (Å²) in [6.07, 6.45) is 114. The van der Waals surface area contributed by atoms with E-state index < -0.39 is 91.5 Å². The molecule has 0 aliphatic carbocycles. The van der Waals surface area contributed by atoms with E-state index in [4.69, 9.17) is 32.3 Å². The van der Waals surface area contributed by atoms with Gasteiger partial charge in [0.25, 0.3) is 0 Å². The van der Waals surface area contributed by atoms with Crippen molar-refractivity contribution < 1.29 is 75.8 Å². The largest absolute Gasteiger partial charge is 0.472 e. The fourth-order valence-corrected chi connectivity index (χ4v) is 13.7. The second-order valence-electron chi connectivity index (χ2n) is 30.0. The van der Waals surface area contributed by atoms with Crippen LogP contribution in [0.3, 0.4) is 0 Å². The van der Waals surface area contributed by atoms with Gasteiger partial charge in [0.15, 0.2) is 6.10 Å². The molecule has 0 aromatic heterocycles. The molecular formula is C97H164O16P2. The van der Waals surface area contributed by atoms with Crippen LogP contribution in [-0.4, -0.2) is 95.9 Å². The number of aliphatic hydroxyl groups is 2. The zero-order chi connectivity index (χ0) is 83.6. The molecule has 0 spiro atoms.